The van der Waals surface area contributed by atoms with Crippen LogP contribution in [-0.4, -0.2) is 69.0 Å². The van der Waals surface area contributed by atoms with Gasteiger partial charge in [0.15, 0.2) is 0 Å². The van der Waals surface area contributed by atoms with E-state index >= 15 is 0 Å². The van der Waals surface area contributed by atoms with E-state index in [1.54, 1.807) is 4.90 Å². The van der Waals surface area contributed by atoms with E-state index in [2.05, 4.69) is 58.4 Å². The molecule has 9 heteroatoms. The molecule has 2 aliphatic heterocycles. The highest BCUT2D eigenvalue weighted by molar-refractivity contribution is 5.85. The SMILES string of the molecule is Cc1cc(C2CC2)cc(N2CCN(C(=O)OC(C)(C)C)CC2)c1C#N.Cc1cc(C2CC2)cc(N2CCNCC2)c1C#N.Cl. The summed E-state index contributed by atoms with van der Waals surface area (Å²) in [6.07, 6.45) is 4.86. The van der Waals surface area contributed by atoms with Crippen molar-refractivity contribution in [1.29, 1.82) is 10.5 Å². The number of nitriles is 2. The van der Waals surface area contributed by atoms with Crippen LogP contribution in [-0.2, 0) is 4.74 Å². The largest absolute Gasteiger partial charge is 0.444 e. The summed E-state index contributed by atoms with van der Waals surface area (Å²) < 4.78 is 5.46. The predicted molar refractivity (Wildman–Crippen MR) is 178 cm³/mol. The molecule has 2 saturated heterocycles. The van der Waals surface area contributed by atoms with Crippen molar-refractivity contribution in [1.82, 2.24) is 10.2 Å². The number of nitrogens with zero attached hydrogens (tertiary/aromatic N) is 5. The summed E-state index contributed by atoms with van der Waals surface area (Å²) in [6.45, 7) is 16.4. The molecule has 0 bridgehead atoms. The van der Waals surface area contributed by atoms with Crippen LogP contribution in [0.3, 0.4) is 0 Å². The number of rotatable bonds is 4. The minimum Gasteiger partial charge on any atom is -0.444 e. The number of hydrogen-bond acceptors (Lipinski definition) is 7. The van der Waals surface area contributed by atoms with Gasteiger partial charge in [0.25, 0.3) is 0 Å². The van der Waals surface area contributed by atoms with Gasteiger partial charge in [0, 0.05) is 52.4 Å². The molecule has 2 aromatic rings. The Morgan fingerprint density at radius 3 is 1.59 bits per heavy atom. The molecule has 236 valence electrons. The minimum atomic E-state index is -0.474. The van der Waals surface area contributed by atoms with Crippen LogP contribution in [0.1, 0.15) is 91.7 Å². The predicted octanol–water partition coefficient (Wildman–Crippen LogP) is 6.38. The lowest BCUT2D eigenvalue weighted by atomic mass is 9.99. The highest BCUT2D eigenvalue weighted by Crippen LogP contribution is 2.43. The summed E-state index contributed by atoms with van der Waals surface area (Å²) in [6, 6.07) is 13.6. The van der Waals surface area contributed by atoms with Gasteiger partial charge in [0.1, 0.15) is 17.7 Å². The van der Waals surface area contributed by atoms with Crippen LogP contribution in [0.4, 0.5) is 16.2 Å². The summed E-state index contributed by atoms with van der Waals surface area (Å²) >= 11 is 0. The van der Waals surface area contributed by atoms with Crippen LogP contribution in [0, 0.1) is 36.5 Å². The highest BCUT2D eigenvalue weighted by atomic mass is 35.5. The van der Waals surface area contributed by atoms with Crippen LogP contribution >= 0.6 is 12.4 Å². The van der Waals surface area contributed by atoms with E-state index in [1.807, 2.05) is 27.7 Å². The number of benzene rings is 2. The molecule has 6 rings (SSSR count). The molecule has 4 aliphatic rings. The molecule has 0 aromatic heterocycles. The minimum absolute atomic E-state index is 0. The normalized spacial score (nSPS) is 18.3. The van der Waals surface area contributed by atoms with Gasteiger partial charge in [0.2, 0.25) is 0 Å². The zero-order valence-corrected chi connectivity index (χ0v) is 27.7. The first-order valence-corrected chi connectivity index (χ1v) is 15.9. The van der Waals surface area contributed by atoms with Crippen LogP contribution < -0.4 is 15.1 Å². The molecule has 2 aliphatic carbocycles. The maximum absolute atomic E-state index is 12.2. The third-order valence-corrected chi connectivity index (χ3v) is 8.72. The van der Waals surface area contributed by atoms with Gasteiger partial charge in [-0.1, -0.05) is 12.1 Å². The molecule has 1 N–H and O–H groups in total. The lowest BCUT2D eigenvalue weighted by Gasteiger charge is -2.37. The van der Waals surface area contributed by atoms with E-state index in [-0.39, 0.29) is 18.5 Å². The van der Waals surface area contributed by atoms with E-state index in [0.717, 1.165) is 78.8 Å². The average molecular weight is 619 g/mol. The summed E-state index contributed by atoms with van der Waals surface area (Å²) in [4.78, 5) is 18.6. The van der Waals surface area contributed by atoms with Gasteiger partial charge in [-0.05, 0) is 107 Å². The molecule has 1 amide bonds. The van der Waals surface area contributed by atoms with Gasteiger partial charge in [0.05, 0.1) is 22.5 Å². The van der Waals surface area contributed by atoms with E-state index in [1.165, 1.54) is 36.8 Å². The number of carbonyl (C=O) groups is 1. The second-order valence-electron chi connectivity index (χ2n) is 13.4. The van der Waals surface area contributed by atoms with Crippen LogP contribution in [0.15, 0.2) is 24.3 Å². The Morgan fingerprint density at radius 2 is 1.20 bits per heavy atom. The van der Waals surface area contributed by atoms with E-state index in [0.29, 0.717) is 19.0 Å². The quantitative estimate of drug-likeness (QED) is 0.425. The Kier molecular flexibility index (Phi) is 10.7. The van der Waals surface area contributed by atoms with Crippen LogP contribution in [0.5, 0.6) is 0 Å². The smallest absolute Gasteiger partial charge is 0.410 e. The highest BCUT2D eigenvalue weighted by Gasteiger charge is 2.30. The van der Waals surface area contributed by atoms with Crippen LogP contribution in [0.25, 0.3) is 0 Å². The van der Waals surface area contributed by atoms with Gasteiger partial charge in [-0.15, -0.1) is 12.4 Å². The summed E-state index contributed by atoms with van der Waals surface area (Å²) in [7, 11) is 0. The van der Waals surface area contributed by atoms with Crippen molar-refractivity contribution in [2.45, 2.75) is 77.7 Å². The van der Waals surface area contributed by atoms with Crippen molar-refractivity contribution in [2.75, 3.05) is 62.2 Å². The molecular weight excluding hydrogens is 572 g/mol. The van der Waals surface area contributed by atoms with Crippen molar-refractivity contribution >= 4 is 29.9 Å². The molecule has 0 radical (unpaired) electrons. The first kappa shape index (κ1) is 33.4. The Bertz CT molecular complexity index is 1420. The number of piperazine rings is 2. The molecular formula is C35H47ClN6O2. The number of nitrogens with one attached hydrogen (secondary N) is 1. The Hall–Kier alpha value is -3.46. The van der Waals surface area contributed by atoms with Gasteiger partial charge >= 0.3 is 6.09 Å². The first-order valence-electron chi connectivity index (χ1n) is 15.9. The second kappa shape index (κ2) is 14.1. The second-order valence-corrected chi connectivity index (χ2v) is 13.4. The summed E-state index contributed by atoms with van der Waals surface area (Å²) in [5.74, 6) is 1.41. The fourth-order valence-electron chi connectivity index (χ4n) is 6.05. The maximum atomic E-state index is 12.2. The fraction of sp³-hybridized carbons (Fsp3) is 0.571. The van der Waals surface area contributed by atoms with Crippen molar-refractivity contribution in [2.24, 2.45) is 0 Å². The van der Waals surface area contributed by atoms with Crippen molar-refractivity contribution < 1.29 is 9.53 Å². The number of ether oxygens (including phenoxy) is 1. The summed E-state index contributed by atoms with van der Waals surface area (Å²) in [5.41, 5.74) is 8.29. The molecule has 2 heterocycles. The number of aryl methyl sites for hydroxylation is 2. The fourth-order valence-corrected chi connectivity index (χ4v) is 6.05. The van der Waals surface area contributed by atoms with Gasteiger partial charge < -0.3 is 24.8 Å². The number of anilines is 2. The molecule has 4 fully saturated rings. The number of amides is 1. The van der Waals surface area contributed by atoms with E-state index in [9.17, 15) is 15.3 Å². The lowest BCUT2D eigenvalue weighted by molar-refractivity contribution is 0.0240. The molecule has 8 nitrogen and oxygen atoms in total. The number of hydrogen-bond donors (Lipinski definition) is 1. The molecule has 2 saturated carbocycles. The van der Waals surface area contributed by atoms with E-state index in [4.69, 9.17) is 4.74 Å². The molecule has 2 aromatic carbocycles. The van der Waals surface area contributed by atoms with Gasteiger partial charge in [-0.3, -0.25) is 0 Å². The number of carbonyl (C=O) groups excluding carboxylic acids is 1. The first-order chi connectivity index (χ1) is 20.6. The number of halogens is 1. The van der Waals surface area contributed by atoms with Gasteiger partial charge in [-0.25, -0.2) is 4.79 Å². The molecule has 0 atom stereocenters. The molecule has 44 heavy (non-hydrogen) atoms. The third kappa shape index (κ3) is 8.17. The monoisotopic (exact) mass is 618 g/mol. The molecule has 0 spiro atoms. The molecule has 0 unspecified atom stereocenters. The summed E-state index contributed by atoms with van der Waals surface area (Å²) in [5, 5.41) is 22.3. The van der Waals surface area contributed by atoms with Crippen LogP contribution in [0.2, 0.25) is 0 Å². The zero-order chi connectivity index (χ0) is 30.7. The Labute approximate surface area is 269 Å². The Balaban J connectivity index is 0.000000206. The lowest BCUT2D eigenvalue weighted by Crippen LogP contribution is -2.50. The van der Waals surface area contributed by atoms with Crippen molar-refractivity contribution in [3.8, 4) is 12.1 Å². The van der Waals surface area contributed by atoms with E-state index < -0.39 is 5.60 Å². The topological polar surface area (TPSA) is 95.6 Å². The third-order valence-electron chi connectivity index (χ3n) is 8.72. The Morgan fingerprint density at radius 1 is 0.773 bits per heavy atom. The zero-order valence-electron chi connectivity index (χ0n) is 26.9. The maximum Gasteiger partial charge on any atom is 0.410 e. The van der Waals surface area contributed by atoms with Crippen molar-refractivity contribution in [3.05, 3.63) is 57.6 Å². The van der Waals surface area contributed by atoms with Crippen molar-refractivity contribution in [3.63, 3.8) is 0 Å². The standard InChI is InChI=1S/C20H27N3O2.C15H19N3.ClH/c1-14-11-16(15-5-6-15)12-18(17(14)13-21)22-7-9-23(10-8-22)19(24)25-20(2,3)4;1-11-8-13(12-2-3-12)9-15(14(11)10-16)18-6-4-17-5-7-18;/h11-12,15H,5-10H2,1-4H3;8-9,12,17H,2-7H2,1H3;1H. The average Bonchev–Trinajstić information content (AvgIpc) is 3.90. The van der Waals surface area contributed by atoms with Gasteiger partial charge in [-0.2, -0.15) is 10.5 Å².